The molecule has 1 aromatic heterocycles. The lowest BCUT2D eigenvalue weighted by atomic mass is 10.2. The van der Waals surface area contributed by atoms with Crippen molar-refractivity contribution in [3.63, 3.8) is 0 Å². The number of oxazole rings is 1. The van der Waals surface area contributed by atoms with E-state index in [0.717, 1.165) is 25.0 Å². The van der Waals surface area contributed by atoms with Crippen LogP contribution in [0.2, 0.25) is 0 Å². The summed E-state index contributed by atoms with van der Waals surface area (Å²) in [6.07, 6.45) is 4.48. The fraction of sp³-hybridized carbons (Fsp3) is 0.625. The van der Waals surface area contributed by atoms with Gasteiger partial charge in [-0.2, -0.15) is 0 Å². The summed E-state index contributed by atoms with van der Waals surface area (Å²) in [5, 5.41) is 8.78. The van der Waals surface area contributed by atoms with Crippen LogP contribution in [0.5, 0.6) is 0 Å². The third kappa shape index (κ3) is 2.05. The Kier molecular flexibility index (Phi) is 3.11. The molecule has 11 heavy (non-hydrogen) atoms. The van der Waals surface area contributed by atoms with Gasteiger partial charge in [0.2, 0.25) is 0 Å². The van der Waals surface area contributed by atoms with Crippen LogP contribution in [0, 0.1) is 0 Å². The van der Waals surface area contributed by atoms with E-state index in [2.05, 4.69) is 11.9 Å². The molecule has 0 aromatic carbocycles. The van der Waals surface area contributed by atoms with Crippen LogP contribution in [0.25, 0.3) is 0 Å². The zero-order valence-corrected chi connectivity index (χ0v) is 6.71. The number of hydrogen-bond acceptors (Lipinski definition) is 3. The van der Waals surface area contributed by atoms with Crippen molar-refractivity contribution in [1.29, 1.82) is 0 Å². The monoisotopic (exact) mass is 155 g/mol. The molecule has 0 fully saturated rings. The van der Waals surface area contributed by atoms with Gasteiger partial charge < -0.3 is 9.52 Å². The van der Waals surface area contributed by atoms with Crippen LogP contribution < -0.4 is 0 Å². The summed E-state index contributed by atoms with van der Waals surface area (Å²) in [5.74, 6) is 0.828. The molecular formula is C8H13NO2. The van der Waals surface area contributed by atoms with E-state index in [1.54, 1.807) is 0 Å². The van der Waals surface area contributed by atoms with Gasteiger partial charge in [-0.3, -0.25) is 0 Å². The number of nitrogens with zero attached hydrogens (tertiary/aromatic N) is 1. The molecule has 1 rings (SSSR count). The van der Waals surface area contributed by atoms with Crippen molar-refractivity contribution in [2.45, 2.75) is 32.8 Å². The van der Waals surface area contributed by atoms with Crippen molar-refractivity contribution in [2.24, 2.45) is 0 Å². The van der Waals surface area contributed by atoms with Gasteiger partial charge in [-0.1, -0.05) is 13.3 Å². The first-order chi connectivity index (χ1) is 5.38. The fourth-order valence-electron chi connectivity index (χ4n) is 0.963. The molecule has 1 heterocycles. The maximum Gasteiger partial charge on any atom is 0.181 e. The van der Waals surface area contributed by atoms with E-state index in [1.165, 1.54) is 6.39 Å². The fourth-order valence-corrected chi connectivity index (χ4v) is 0.963. The minimum absolute atomic E-state index is 0.0183. The second kappa shape index (κ2) is 4.13. The second-order valence-electron chi connectivity index (χ2n) is 2.48. The maximum absolute atomic E-state index is 8.78. The number of hydrogen-bond donors (Lipinski definition) is 1. The van der Waals surface area contributed by atoms with E-state index in [1.807, 2.05) is 0 Å². The molecule has 0 bridgehead atoms. The lowest BCUT2D eigenvalue weighted by molar-refractivity contribution is 0.274. The largest absolute Gasteiger partial charge is 0.448 e. The van der Waals surface area contributed by atoms with Crippen molar-refractivity contribution < 1.29 is 9.52 Å². The molecule has 62 valence electrons. The van der Waals surface area contributed by atoms with Crippen LogP contribution in [0.1, 0.15) is 31.2 Å². The minimum Gasteiger partial charge on any atom is -0.448 e. The third-order valence-corrected chi connectivity index (χ3v) is 1.63. The van der Waals surface area contributed by atoms with Gasteiger partial charge in [0.15, 0.2) is 6.39 Å². The highest BCUT2D eigenvalue weighted by molar-refractivity contribution is 5.05. The quantitative estimate of drug-likeness (QED) is 0.716. The SMILES string of the molecule is CCCCc1ocnc1CO. The van der Waals surface area contributed by atoms with Gasteiger partial charge in [-0.25, -0.2) is 4.98 Å². The molecule has 3 nitrogen and oxygen atoms in total. The molecule has 0 atom stereocenters. The Balaban J connectivity index is 2.54. The van der Waals surface area contributed by atoms with Crippen LogP contribution in [-0.2, 0) is 13.0 Å². The highest BCUT2D eigenvalue weighted by Gasteiger charge is 2.04. The summed E-state index contributed by atoms with van der Waals surface area (Å²) in [7, 11) is 0. The summed E-state index contributed by atoms with van der Waals surface area (Å²) >= 11 is 0. The third-order valence-electron chi connectivity index (χ3n) is 1.63. The number of aromatic nitrogens is 1. The molecule has 0 radical (unpaired) electrons. The van der Waals surface area contributed by atoms with Gasteiger partial charge in [0.05, 0.1) is 6.61 Å². The summed E-state index contributed by atoms with van der Waals surface area (Å²) in [5.41, 5.74) is 0.679. The summed E-state index contributed by atoms with van der Waals surface area (Å²) in [6.45, 7) is 2.10. The minimum atomic E-state index is -0.0183. The lowest BCUT2D eigenvalue weighted by Crippen LogP contribution is -1.90. The Morgan fingerprint density at radius 3 is 3.09 bits per heavy atom. The Labute approximate surface area is 66.1 Å². The molecule has 0 spiro atoms. The summed E-state index contributed by atoms with van der Waals surface area (Å²) < 4.78 is 5.09. The molecule has 0 aliphatic rings. The summed E-state index contributed by atoms with van der Waals surface area (Å²) in [4.78, 5) is 3.87. The van der Waals surface area contributed by atoms with Crippen molar-refractivity contribution >= 4 is 0 Å². The number of aryl methyl sites for hydroxylation is 1. The Bertz CT molecular complexity index is 208. The van der Waals surface area contributed by atoms with Crippen LogP contribution in [0.4, 0.5) is 0 Å². The van der Waals surface area contributed by atoms with Crippen LogP contribution in [-0.4, -0.2) is 10.1 Å². The van der Waals surface area contributed by atoms with Crippen LogP contribution >= 0.6 is 0 Å². The van der Waals surface area contributed by atoms with E-state index in [-0.39, 0.29) is 6.61 Å². The van der Waals surface area contributed by atoms with Crippen molar-refractivity contribution in [3.8, 4) is 0 Å². The molecule has 0 saturated carbocycles. The van der Waals surface area contributed by atoms with E-state index in [0.29, 0.717) is 5.69 Å². The summed E-state index contributed by atoms with van der Waals surface area (Å²) in [6, 6.07) is 0. The lowest BCUT2D eigenvalue weighted by Gasteiger charge is -1.94. The Morgan fingerprint density at radius 1 is 1.64 bits per heavy atom. The molecule has 0 aliphatic carbocycles. The van der Waals surface area contributed by atoms with E-state index >= 15 is 0 Å². The smallest absolute Gasteiger partial charge is 0.181 e. The standard InChI is InChI=1S/C8H13NO2/c1-2-3-4-8-7(5-10)9-6-11-8/h6,10H,2-5H2,1H3. The van der Waals surface area contributed by atoms with Gasteiger partial charge in [-0.05, 0) is 6.42 Å². The van der Waals surface area contributed by atoms with Crippen LogP contribution in [0.3, 0.4) is 0 Å². The average Bonchev–Trinajstić information content (AvgIpc) is 2.47. The van der Waals surface area contributed by atoms with Crippen molar-refractivity contribution in [2.75, 3.05) is 0 Å². The second-order valence-corrected chi connectivity index (χ2v) is 2.48. The van der Waals surface area contributed by atoms with Gasteiger partial charge in [-0.15, -0.1) is 0 Å². The molecule has 1 aromatic rings. The normalized spacial score (nSPS) is 10.4. The van der Waals surface area contributed by atoms with E-state index in [4.69, 9.17) is 9.52 Å². The topological polar surface area (TPSA) is 46.3 Å². The molecule has 0 aliphatic heterocycles. The zero-order valence-electron chi connectivity index (χ0n) is 6.71. The Hall–Kier alpha value is -0.830. The predicted molar refractivity (Wildman–Crippen MR) is 41.0 cm³/mol. The average molecular weight is 155 g/mol. The van der Waals surface area contributed by atoms with Gasteiger partial charge in [0.1, 0.15) is 11.5 Å². The van der Waals surface area contributed by atoms with E-state index < -0.39 is 0 Å². The van der Waals surface area contributed by atoms with Crippen LogP contribution in [0.15, 0.2) is 10.8 Å². The van der Waals surface area contributed by atoms with Gasteiger partial charge in [0, 0.05) is 6.42 Å². The number of unbranched alkanes of at least 4 members (excludes halogenated alkanes) is 1. The highest BCUT2D eigenvalue weighted by atomic mass is 16.3. The highest BCUT2D eigenvalue weighted by Crippen LogP contribution is 2.09. The first-order valence-electron chi connectivity index (χ1n) is 3.90. The molecule has 0 saturated heterocycles. The molecular weight excluding hydrogens is 142 g/mol. The molecule has 0 amide bonds. The van der Waals surface area contributed by atoms with Crippen molar-refractivity contribution in [1.82, 2.24) is 4.98 Å². The van der Waals surface area contributed by atoms with Gasteiger partial charge in [0.25, 0.3) is 0 Å². The first kappa shape index (κ1) is 8.27. The molecule has 3 heteroatoms. The Morgan fingerprint density at radius 2 is 2.45 bits per heavy atom. The number of rotatable bonds is 4. The number of aliphatic hydroxyl groups excluding tert-OH is 1. The first-order valence-corrected chi connectivity index (χ1v) is 3.90. The van der Waals surface area contributed by atoms with E-state index in [9.17, 15) is 0 Å². The number of aliphatic hydroxyl groups is 1. The maximum atomic E-state index is 8.78. The zero-order chi connectivity index (χ0) is 8.10. The predicted octanol–water partition coefficient (Wildman–Crippen LogP) is 1.51. The van der Waals surface area contributed by atoms with Gasteiger partial charge >= 0.3 is 0 Å². The van der Waals surface area contributed by atoms with Crippen molar-refractivity contribution in [3.05, 3.63) is 17.8 Å². The molecule has 1 N–H and O–H groups in total. The molecule has 0 unspecified atom stereocenters.